The Bertz CT molecular complexity index is 2510. The van der Waals surface area contributed by atoms with Crippen molar-refractivity contribution in [2.45, 2.75) is 17.9 Å². The number of halogens is 1. The number of rotatable bonds is 16. The highest BCUT2D eigenvalue weighted by atomic mass is 35.5. The topological polar surface area (TPSA) is 176 Å². The van der Waals surface area contributed by atoms with Crippen molar-refractivity contribution in [3.8, 4) is 22.6 Å². The van der Waals surface area contributed by atoms with Gasteiger partial charge in [0.05, 0.1) is 28.6 Å². The number of amides is 2. The van der Waals surface area contributed by atoms with Crippen LogP contribution in [0.2, 0.25) is 5.02 Å². The minimum atomic E-state index is -4.60. The summed E-state index contributed by atoms with van der Waals surface area (Å²) >= 11 is 6.15. The van der Waals surface area contributed by atoms with Crippen molar-refractivity contribution < 1.29 is 32.4 Å². The molecule has 3 N–H and O–H groups in total. The number of sulfonamides is 1. The van der Waals surface area contributed by atoms with Crippen molar-refractivity contribution in [1.82, 2.24) is 19.8 Å². The van der Waals surface area contributed by atoms with Gasteiger partial charge in [-0.15, -0.1) is 0 Å². The molecule has 2 amide bonds. The van der Waals surface area contributed by atoms with Crippen LogP contribution in [0.15, 0.2) is 114 Å². The van der Waals surface area contributed by atoms with Crippen molar-refractivity contribution >= 4 is 50.5 Å². The maximum Gasteiger partial charge on any atom is 0.293 e. The lowest BCUT2D eigenvalue weighted by Gasteiger charge is -2.36. The number of carbonyl (C=O) groups excluding carboxylic acids is 2. The Balaban J connectivity index is 1.07. The van der Waals surface area contributed by atoms with Crippen LogP contribution in [0.4, 0.5) is 17.1 Å². The number of benzene rings is 5. The van der Waals surface area contributed by atoms with E-state index >= 15 is 0 Å². The van der Waals surface area contributed by atoms with Crippen LogP contribution in [0, 0.1) is 10.1 Å². The first-order valence-electron chi connectivity index (χ1n) is 20.3. The Hall–Kier alpha value is -6.04. The molecule has 0 aromatic heterocycles. The molecule has 0 saturated carbocycles. The van der Waals surface area contributed by atoms with E-state index in [1.165, 1.54) is 36.9 Å². The summed E-state index contributed by atoms with van der Waals surface area (Å²) < 4.78 is 41.0. The van der Waals surface area contributed by atoms with Gasteiger partial charge in [0.2, 0.25) is 0 Å². The molecule has 0 spiro atoms. The third-order valence-corrected chi connectivity index (χ3v) is 12.4. The largest absolute Gasteiger partial charge is 0.456 e. The maximum atomic E-state index is 13.9. The molecule has 15 nitrogen and oxygen atoms in total. The Morgan fingerprint density at radius 1 is 0.839 bits per heavy atom. The smallest absolute Gasteiger partial charge is 0.293 e. The van der Waals surface area contributed by atoms with Crippen molar-refractivity contribution in [1.29, 1.82) is 0 Å². The summed E-state index contributed by atoms with van der Waals surface area (Å²) in [5.41, 5.74) is 4.10. The maximum absolute atomic E-state index is 13.9. The van der Waals surface area contributed by atoms with E-state index in [0.717, 1.165) is 62.1 Å². The summed E-state index contributed by atoms with van der Waals surface area (Å²) in [6.07, 6.45) is 0.712. The van der Waals surface area contributed by atoms with E-state index in [1.807, 2.05) is 36.4 Å². The number of piperazine rings is 1. The molecule has 2 saturated heterocycles. The van der Waals surface area contributed by atoms with Gasteiger partial charge in [0.25, 0.3) is 27.5 Å². The second-order valence-electron chi connectivity index (χ2n) is 14.9. The first-order chi connectivity index (χ1) is 30.0. The van der Waals surface area contributed by atoms with Gasteiger partial charge >= 0.3 is 0 Å². The predicted molar refractivity (Wildman–Crippen MR) is 239 cm³/mol. The summed E-state index contributed by atoms with van der Waals surface area (Å²) in [5, 5.41) is 18.4. The van der Waals surface area contributed by atoms with Gasteiger partial charge in [-0.25, -0.2) is 13.1 Å². The Kier molecular flexibility index (Phi) is 14.4. The van der Waals surface area contributed by atoms with Gasteiger partial charge in [-0.3, -0.25) is 29.5 Å². The van der Waals surface area contributed by atoms with Crippen molar-refractivity contribution in [3.63, 3.8) is 0 Å². The summed E-state index contributed by atoms with van der Waals surface area (Å²) in [4.78, 5) is 44.1. The number of nitro groups is 1. The van der Waals surface area contributed by atoms with E-state index in [0.29, 0.717) is 49.9 Å². The van der Waals surface area contributed by atoms with Gasteiger partial charge in [0.1, 0.15) is 17.2 Å². The summed E-state index contributed by atoms with van der Waals surface area (Å²) in [5.74, 6) is -1.06. The average molecular weight is 882 g/mol. The van der Waals surface area contributed by atoms with Crippen molar-refractivity contribution in [2.24, 2.45) is 0 Å². The molecule has 324 valence electrons. The fraction of sp³-hybridized carbons (Fsp3) is 0.289. The van der Waals surface area contributed by atoms with E-state index < -0.39 is 31.4 Å². The van der Waals surface area contributed by atoms with Gasteiger partial charge in [-0.05, 0) is 84.3 Å². The Labute approximate surface area is 365 Å². The predicted octanol–water partition coefficient (Wildman–Crippen LogP) is 6.64. The number of hydrogen-bond acceptors (Lipinski definition) is 12. The molecule has 5 aromatic rings. The zero-order chi connectivity index (χ0) is 43.6. The number of morpholine rings is 1. The average Bonchev–Trinajstić information content (AvgIpc) is 3.28. The van der Waals surface area contributed by atoms with Crippen LogP contribution in [0.5, 0.6) is 11.5 Å². The van der Waals surface area contributed by atoms with E-state index in [9.17, 15) is 28.1 Å². The molecule has 0 radical (unpaired) electrons. The van der Waals surface area contributed by atoms with E-state index in [4.69, 9.17) is 21.1 Å². The molecule has 62 heavy (non-hydrogen) atoms. The third kappa shape index (κ3) is 11.1. The molecule has 2 fully saturated rings. The fourth-order valence-electron chi connectivity index (χ4n) is 7.49. The number of nitrogens with one attached hydrogen (secondary N) is 3. The zero-order valence-electron chi connectivity index (χ0n) is 34.2. The van der Waals surface area contributed by atoms with Gasteiger partial charge in [0.15, 0.2) is 0 Å². The molecule has 0 bridgehead atoms. The lowest BCUT2D eigenvalue weighted by Crippen LogP contribution is -2.46. The molecule has 2 aliphatic heterocycles. The van der Waals surface area contributed by atoms with Crippen molar-refractivity contribution in [2.75, 3.05) is 82.8 Å². The highest BCUT2D eigenvalue weighted by Gasteiger charge is 2.27. The van der Waals surface area contributed by atoms with Crippen LogP contribution in [0.1, 0.15) is 32.7 Å². The van der Waals surface area contributed by atoms with Crippen LogP contribution in [0.25, 0.3) is 11.1 Å². The lowest BCUT2D eigenvalue weighted by molar-refractivity contribution is -0.384. The summed E-state index contributed by atoms with van der Waals surface area (Å²) in [6, 6.07) is 30.8. The molecule has 7 rings (SSSR count). The van der Waals surface area contributed by atoms with Crippen LogP contribution >= 0.6 is 11.6 Å². The molecule has 17 heteroatoms. The van der Waals surface area contributed by atoms with Gasteiger partial charge in [0, 0.05) is 87.8 Å². The van der Waals surface area contributed by atoms with Crippen LogP contribution in [-0.4, -0.2) is 108 Å². The minimum Gasteiger partial charge on any atom is -0.456 e. The second kappa shape index (κ2) is 20.2. The molecule has 0 aliphatic carbocycles. The van der Waals surface area contributed by atoms with Crippen LogP contribution in [-0.2, 0) is 21.3 Å². The normalized spacial score (nSPS) is 14.8. The molecular formula is C45H48ClN7O8S. The molecule has 5 aromatic carbocycles. The second-order valence-corrected chi connectivity index (χ2v) is 17.0. The Morgan fingerprint density at radius 2 is 1.60 bits per heavy atom. The first-order valence-corrected chi connectivity index (χ1v) is 22.2. The molecule has 0 atom stereocenters. The first kappa shape index (κ1) is 44.0. The van der Waals surface area contributed by atoms with Gasteiger partial charge in [-0.1, -0.05) is 54.1 Å². The number of nitro benzene ring substituents is 1. The van der Waals surface area contributed by atoms with Crippen LogP contribution in [0.3, 0.4) is 0 Å². The summed E-state index contributed by atoms with van der Waals surface area (Å²) in [6.45, 7) is 7.74. The molecule has 2 heterocycles. The zero-order valence-corrected chi connectivity index (χ0v) is 35.8. The van der Waals surface area contributed by atoms with Gasteiger partial charge < -0.3 is 25.0 Å². The lowest BCUT2D eigenvalue weighted by atomic mass is 9.99. The standard InChI is InChI=1S/C45H48ClN7O8S/c1-47-44(54)33-7-4-8-37(28-33)61-43-29-36(52-22-20-51(21-23-52)31-34-6-2-3-9-39(34)32-10-12-35(46)13-11-32)14-16-40(43)45(55)49-62(58,59)38-15-17-41(42(30-38)53(56)57)48-18-5-19-50-24-26-60-27-25-50/h2-4,6-17,28-30,48H,5,18-27,31H2,1H3,(H,47,54)(H,49,55). The highest BCUT2D eigenvalue weighted by Crippen LogP contribution is 2.33. The van der Waals surface area contributed by atoms with E-state index in [-0.39, 0.29) is 28.7 Å². The van der Waals surface area contributed by atoms with Crippen LogP contribution < -0.4 is 25.0 Å². The minimum absolute atomic E-state index is 0.0474. The number of hydrogen-bond donors (Lipinski definition) is 3. The molecular weight excluding hydrogens is 834 g/mol. The highest BCUT2D eigenvalue weighted by molar-refractivity contribution is 7.90. The SMILES string of the molecule is CNC(=O)c1cccc(Oc2cc(N3CCN(Cc4ccccc4-c4ccc(Cl)cc4)CC3)ccc2C(=O)NS(=O)(=O)c2ccc(NCCCN3CCOCC3)c([N+](=O)[O-])c2)c1. The third-order valence-electron chi connectivity index (χ3n) is 10.8. The number of anilines is 2. The number of carbonyl (C=O) groups is 2. The monoisotopic (exact) mass is 881 g/mol. The fourth-order valence-corrected chi connectivity index (χ4v) is 8.60. The van der Waals surface area contributed by atoms with Gasteiger partial charge in [-0.2, -0.15) is 0 Å². The number of nitrogens with zero attached hydrogens (tertiary/aromatic N) is 4. The Morgan fingerprint density at radius 3 is 2.34 bits per heavy atom. The van der Waals surface area contributed by atoms with E-state index in [1.54, 1.807) is 30.3 Å². The molecule has 2 aliphatic rings. The van der Waals surface area contributed by atoms with E-state index in [2.05, 4.69) is 42.2 Å². The number of ether oxygens (including phenoxy) is 2. The quantitative estimate of drug-likeness (QED) is 0.0548. The molecule has 0 unspecified atom stereocenters. The van der Waals surface area contributed by atoms with Crippen molar-refractivity contribution in [3.05, 3.63) is 141 Å². The summed E-state index contributed by atoms with van der Waals surface area (Å²) in [7, 11) is -3.09.